The van der Waals surface area contributed by atoms with Crippen LogP contribution in [-0.4, -0.2) is 37.5 Å². The first-order valence-electron chi connectivity index (χ1n) is 8.57. The second-order valence-electron chi connectivity index (χ2n) is 6.70. The molecule has 1 amide bonds. The number of piperidine rings is 1. The van der Waals surface area contributed by atoms with Crippen LogP contribution in [0.2, 0.25) is 0 Å². The first-order chi connectivity index (χ1) is 12.3. The Bertz CT molecular complexity index is 762. The van der Waals surface area contributed by atoms with Gasteiger partial charge in [0.1, 0.15) is 5.76 Å². The van der Waals surface area contributed by atoms with Crippen molar-refractivity contribution in [2.24, 2.45) is 5.92 Å². The van der Waals surface area contributed by atoms with E-state index in [-0.39, 0.29) is 23.0 Å². The fraction of sp³-hybridized carbons (Fsp3) is 0.421. The molecule has 0 saturated carbocycles. The summed E-state index contributed by atoms with van der Waals surface area (Å²) in [5.74, 6) is 0.432. The van der Waals surface area contributed by atoms with Gasteiger partial charge in [0.25, 0.3) is 5.91 Å². The summed E-state index contributed by atoms with van der Waals surface area (Å²) < 4.78 is 43.9. The number of hydrogen-bond acceptors (Lipinski definition) is 3. The molecule has 1 aliphatic heterocycles. The van der Waals surface area contributed by atoms with E-state index < -0.39 is 11.7 Å². The second-order valence-corrected chi connectivity index (χ2v) is 6.70. The third-order valence-electron chi connectivity index (χ3n) is 4.69. The lowest BCUT2D eigenvalue weighted by Gasteiger charge is -2.28. The van der Waals surface area contributed by atoms with Crippen LogP contribution in [0.25, 0.3) is 11.3 Å². The van der Waals surface area contributed by atoms with Crippen LogP contribution in [0, 0.1) is 5.92 Å². The molecule has 140 valence electrons. The number of carbonyl (C=O) groups is 1. The fourth-order valence-electron chi connectivity index (χ4n) is 3.05. The number of halogens is 3. The van der Waals surface area contributed by atoms with E-state index >= 15 is 0 Å². The van der Waals surface area contributed by atoms with E-state index in [0.717, 1.165) is 38.1 Å². The number of carbonyl (C=O) groups excluding carboxylic acids is 1. The average Bonchev–Trinajstić information content (AvgIpc) is 3.11. The monoisotopic (exact) mass is 366 g/mol. The van der Waals surface area contributed by atoms with Crippen LogP contribution in [0.15, 0.2) is 40.8 Å². The van der Waals surface area contributed by atoms with Crippen LogP contribution in [0.1, 0.15) is 29.0 Å². The van der Waals surface area contributed by atoms with Gasteiger partial charge in [0.05, 0.1) is 5.56 Å². The number of benzene rings is 1. The van der Waals surface area contributed by atoms with E-state index in [1.54, 1.807) is 0 Å². The summed E-state index contributed by atoms with van der Waals surface area (Å²) >= 11 is 0. The highest BCUT2D eigenvalue weighted by molar-refractivity contribution is 5.92. The molecule has 0 unspecified atom stereocenters. The Labute approximate surface area is 150 Å². The molecule has 7 heteroatoms. The zero-order chi connectivity index (χ0) is 18.7. The quantitative estimate of drug-likeness (QED) is 0.888. The summed E-state index contributed by atoms with van der Waals surface area (Å²) in [5, 5.41) is 2.85. The number of hydrogen-bond donors (Lipinski definition) is 1. The lowest BCUT2D eigenvalue weighted by Crippen LogP contribution is -2.36. The Morgan fingerprint density at radius 2 is 1.96 bits per heavy atom. The lowest BCUT2D eigenvalue weighted by molar-refractivity contribution is -0.137. The second kappa shape index (κ2) is 7.53. The lowest BCUT2D eigenvalue weighted by atomic mass is 9.97. The van der Waals surface area contributed by atoms with Gasteiger partial charge in [-0.25, -0.2) is 0 Å². The van der Waals surface area contributed by atoms with Crippen molar-refractivity contribution in [2.45, 2.75) is 19.0 Å². The smallest absolute Gasteiger partial charge is 0.416 e. The Morgan fingerprint density at radius 1 is 1.23 bits per heavy atom. The molecule has 0 radical (unpaired) electrons. The molecule has 1 aliphatic rings. The fourth-order valence-corrected chi connectivity index (χ4v) is 3.05. The highest BCUT2D eigenvalue weighted by atomic mass is 19.4. The molecular weight excluding hydrogens is 345 g/mol. The van der Waals surface area contributed by atoms with Gasteiger partial charge in [-0.1, -0.05) is 12.1 Å². The minimum atomic E-state index is -4.42. The van der Waals surface area contributed by atoms with Crippen LogP contribution in [-0.2, 0) is 6.18 Å². The zero-order valence-electron chi connectivity index (χ0n) is 14.5. The van der Waals surface area contributed by atoms with Crippen LogP contribution >= 0.6 is 0 Å². The Balaban J connectivity index is 1.63. The molecule has 1 saturated heterocycles. The summed E-state index contributed by atoms with van der Waals surface area (Å²) in [6.07, 6.45) is -2.36. The normalized spacial score (nSPS) is 16.6. The molecule has 1 aromatic carbocycles. The SMILES string of the molecule is CN1CCC(CNC(=O)c2ccc(-c3cccc(C(F)(F)F)c3)o2)CC1. The van der Waals surface area contributed by atoms with Gasteiger partial charge in [0.2, 0.25) is 0 Å². The number of amides is 1. The van der Waals surface area contributed by atoms with E-state index in [0.29, 0.717) is 12.5 Å². The van der Waals surface area contributed by atoms with Gasteiger partial charge in [-0.05, 0) is 63.2 Å². The molecule has 1 fully saturated rings. The molecule has 26 heavy (non-hydrogen) atoms. The van der Waals surface area contributed by atoms with Crippen molar-refractivity contribution >= 4 is 5.91 Å². The topological polar surface area (TPSA) is 45.5 Å². The summed E-state index contributed by atoms with van der Waals surface area (Å²) in [4.78, 5) is 14.5. The average molecular weight is 366 g/mol. The van der Waals surface area contributed by atoms with E-state index in [1.165, 1.54) is 24.3 Å². The summed E-state index contributed by atoms with van der Waals surface area (Å²) in [5.41, 5.74) is -0.464. The third-order valence-corrected chi connectivity index (χ3v) is 4.69. The van der Waals surface area contributed by atoms with Crippen molar-refractivity contribution in [3.05, 3.63) is 47.7 Å². The highest BCUT2D eigenvalue weighted by Gasteiger charge is 2.30. The van der Waals surface area contributed by atoms with Crippen molar-refractivity contribution < 1.29 is 22.4 Å². The minimum absolute atomic E-state index is 0.102. The van der Waals surface area contributed by atoms with Crippen LogP contribution in [0.3, 0.4) is 0 Å². The Kier molecular flexibility index (Phi) is 5.36. The number of alkyl halides is 3. The number of likely N-dealkylation sites (tertiary alicyclic amines) is 1. The maximum absolute atomic E-state index is 12.8. The molecule has 2 heterocycles. The molecule has 1 N–H and O–H groups in total. The molecule has 0 bridgehead atoms. The van der Waals surface area contributed by atoms with Crippen LogP contribution in [0.5, 0.6) is 0 Å². The maximum Gasteiger partial charge on any atom is 0.416 e. The summed E-state index contributed by atoms with van der Waals surface area (Å²) in [7, 11) is 2.08. The van der Waals surface area contributed by atoms with Gasteiger partial charge in [0.15, 0.2) is 5.76 Å². The molecule has 0 aliphatic carbocycles. The highest BCUT2D eigenvalue weighted by Crippen LogP contribution is 2.32. The standard InChI is InChI=1S/C19H21F3N2O2/c1-24-9-7-13(8-10-24)12-23-18(25)17-6-5-16(26-17)14-3-2-4-15(11-14)19(20,21)22/h2-6,11,13H,7-10,12H2,1H3,(H,23,25). The van der Waals surface area contributed by atoms with Gasteiger partial charge >= 0.3 is 6.18 Å². The first kappa shape index (κ1) is 18.5. The van der Waals surface area contributed by atoms with Crippen LogP contribution < -0.4 is 5.32 Å². The van der Waals surface area contributed by atoms with Crippen LogP contribution in [0.4, 0.5) is 13.2 Å². The van der Waals surface area contributed by atoms with Crippen molar-refractivity contribution in [1.29, 1.82) is 0 Å². The van der Waals surface area contributed by atoms with Crippen molar-refractivity contribution in [1.82, 2.24) is 10.2 Å². The first-order valence-corrected chi connectivity index (χ1v) is 8.57. The van der Waals surface area contributed by atoms with Crippen molar-refractivity contribution in [2.75, 3.05) is 26.7 Å². The largest absolute Gasteiger partial charge is 0.451 e. The van der Waals surface area contributed by atoms with Gasteiger partial charge in [0, 0.05) is 12.1 Å². The van der Waals surface area contributed by atoms with Gasteiger partial charge in [-0.3, -0.25) is 4.79 Å². The minimum Gasteiger partial charge on any atom is -0.451 e. The molecule has 4 nitrogen and oxygen atoms in total. The summed E-state index contributed by atoms with van der Waals surface area (Å²) in [6.45, 7) is 2.61. The predicted molar refractivity (Wildman–Crippen MR) is 91.7 cm³/mol. The molecule has 0 spiro atoms. The van der Waals surface area contributed by atoms with E-state index in [9.17, 15) is 18.0 Å². The zero-order valence-corrected chi connectivity index (χ0v) is 14.5. The molecule has 2 aromatic rings. The van der Waals surface area contributed by atoms with Gasteiger partial charge in [-0.15, -0.1) is 0 Å². The predicted octanol–water partition coefficient (Wildman–Crippen LogP) is 4.04. The maximum atomic E-state index is 12.8. The van der Waals surface area contributed by atoms with E-state index in [4.69, 9.17) is 4.42 Å². The number of nitrogens with zero attached hydrogens (tertiary/aromatic N) is 1. The molecule has 1 aromatic heterocycles. The van der Waals surface area contributed by atoms with E-state index in [2.05, 4.69) is 17.3 Å². The van der Waals surface area contributed by atoms with E-state index in [1.807, 2.05) is 0 Å². The summed E-state index contributed by atoms with van der Waals surface area (Å²) in [6, 6.07) is 7.86. The van der Waals surface area contributed by atoms with Gasteiger partial charge in [-0.2, -0.15) is 13.2 Å². The van der Waals surface area contributed by atoms with Gasteiger partial charge < -0.3 is 14.6 Å². The molecule has 0 atom stereocenters. The van der Waals surface area contributed by atoms with Crippen molar-refractivity contribution in [3.8, 4) is 11.3 Å². The number of nitrogens with one attached hydrogen (secondary N) is 1. The van der Waals surface area contributed by atoms with Crippen molar-refractivity contribution in [3.63, 3.8) is 0 Å². The Hall–Kier alpha value is -2.28. The molecule has 3 rings (SSSR count). The number of furan rings is 1. The molecular formula is C19H21F3N2O2. The number of rotatable bonds is 4. The Morgan fingerprint density at radius 3 is 2.65 bits per heavy atom. The third kappa shape index (κ3) is 4.46.